The number of halogens is 4. The van der Waals surface area contributed by atoms with E-state index in [1.54, 1.807) is 24.3 Å². The van der Waals surface area contributed by atoms with Crippen molar-refractivity contribution in [3.05, 3.63) is 70.2 Å². The Hall–Kier alpha value is -2.79. The number of nitrogens with one attached hydrogen (secondary N) is 1. The molecule has 2 N–H and O–H groups in total. The van der Waals surface area contributed by atoms with Crippen LogP contribution < -0.4 is 5.32 Å². The van der Waals surface area contributed by atoms with Crippen LogP contribution in [-0.4, -0.2) is 36.6 Å². The van der Waals surface area contributed by atoms with Gasteiger partial charge in [0.25, 0.3) is 5.91 Å². The third-order valence-electron chi connectivity index (χ3n) is 5.53. The molecule has 0 aliphatic heterocycles. The van der Waals surface area contributed by atoms with Crippen LogP contribution in [0.4, 0.5) is 13.2 Å². The van der Waals surface area contributed by atoms with E-state index in [1.807, 2.05) is 0 Å². The maximum absolute atomic E-state index is 13.7. The fourth-order valence-electron chi connectivity index (χ4n) is 4.07. The van der Waals surface area contributed by atoms with Gasteiger partial charge >= 0.3 is 6.18 Å². The summed E-state index contributed by atoms with van der Waals surface area (Å²) >= 11 is 3.39. The van der Waals surface area contributed by atoms with Crippen molar-refractivity contribution in [3.8, 4) is 5.69 Å². The van der Waals surface area contributed by atoms with Crippen LogP contribution in [0.25, 0.3) is 5.69 Å². The predicted octanol–water partition coefficient (Wildman–Crippen LogP) is 4.22. The first kappa shape index (κ1) is 22.4. The Kier molecular flexibility index (Phi) is 6.04. The molecule has 0 unspecified atom stereocenters. The average molecular weight is 510 g/mol. The van der Waals surface area contributed by atoms with Gasteiger partial charge in [-0.05, 0) is 36.6 Å². The molecule has 0 bridgehead atoms. The Labute approximate surface area is 189 Å². The maximum atomic E-state index is 13.7. The van der Waals surface area contributed by atoms with Gasteiger partial charge in [-0.25, -0.2) is 4.98 Å². The number of carbonyl (C=O) groups excluding carboxylic acids is 1. The van der Waals surface area contributed by atoms with Crippen molar-refractivity contribution in [2.75, 3.05) is 0 Å². The SMILES string of the molecule is O=C(N[C@@H](c1cccc(Br)c1)C1(O)CCCC1)c1nccc(C(F)(F)F)c1-n1nccn1. The number of nitrogens with zero attached hydrogens (tertiary/aromatic N) is 4. The van der Waals surface area contributed by atoms with E-state index in [-0.39, 0.29) is 0 Å². The van der Waals surface area contributed by atoms with Crippen LogP contribution in [0.2, 0.25) is 0 Å². The highest BCUT2D eigenvalue weighted by atomic mass is 79.9. The summed E-state index contributed by atoms with van der Waals surface area (Å²) in [5.41, 5.74) is -2.76. The Morgan fingerprint density at radius 1 is 1.16 bits per heavy atom. The van der Waals surface area contributed by atoms with Gasteiger partial charge < -0.3 is 10.4 Å². The van der Waals surface area contributed by atoms with Gasteiger partial charge in [0.2, 0.25) is 0 Å². The normalized spacial score (nSPS) is 16.7. The molecule has 3 aromatic rings. The second kappa shape index (κ2) is 8.62. The molecule has 0 spiro atoms. The summed E-state index contributed by atoms with van der Waals surface area (Å²) in [5.74, 6) is -0.867. The van der Waals surface area contributed by atoms with Gasteiger partial charge in [0.15, 0.2) is 5.69 Å². The van der Waals surface area contributed by atoms with Gasteiger partial charge in [-0.1, -0.05) is 40.9 Å². The number of pyridine rings is 1. The summed E-state index contributed by atoms with van der Waals surface area (Å²) in [7, 11) is 0. The van der Waals surface area contributed by atoms with E-state index in [0.717, 1.165) is 34.4 Å². The van der Waals surface area contributed by atoms with Crippen molar-refractivity contribution in [2.45, 2.75) is 43.5 Å². The number of alkyl halides is 3. The molecule has 0 saturated heterocycles. The van der Waals surface area contributed by atoms with Crippen molar-refractivity contribution in [2.24, 2.45) is 0 Å². The van der Waals surface area contributed by atoms with E-state index in [0.29, 0.717) is 18.4 Å². The Balaban J connectivity index is 1.78. The molecule has 1 amide bonds. The van der Waals surface area contributed by atoms with E-state index < -0.39 is 40.7 Å². The van der Waals surface area contributed by atoms with Crippen LogP contribution in [-0.2, 0) is 6.18 Å². The monoisotopic (exact) mass is 509 g/mol. The fourth-order valence-corrected chi connectivity index (χ4v) is 4.49. The lowest BCUT2D eigenvalue weighted by atomic mass is 9.87. The number of aliphatic hydroxyl groups is 1. The molecule has 4 rings (SSSR count). The zero-order valence-electron chi connectivity index (χ0n) is 16.7. The van der Waals surface area contributed by atoms with E-state index in [4.69, 9.17) is 0 Å². The van der Waals surface area contributed by atoms with Crippen molar-refractivity contribution in [3.63, 3.8) is 0 Å². The van der Waals surface area contributed by atoms with Crippen molar-refractivity contribution in [1.82, 2.24) is 25.3 Å². The van der Waals surface area contributed by atoms with Crippen LogP contribution in [0.3, 0.4) is 0 Å². The second-order valence-electron chi connectivity index (χ2n) is 7.64. The number of carbonyl (C=O) groups is 1. The summed E-state index contributed by atoms with van der Waals surface area (Å²) < 4.78 is 41.8. The molecular formula is C21H19BrF3N5O2. The first-order chi connectivity index (χ1) is 15.2. The molecular weight excluding hydrogens is 491 g/mol. The molecule has 1 aromatic carbocycles. The average Bonchev–Trinajstić information content (AvgIpc) is 3.43. The molecule has 1 fully saturated rings. The van der Waals surface area contributed by atoms with Crippen molar-refractivity contribution in [1.29, 1.82) is 0 Å². The molecule has 1 aliphatic rings. The topological polar surface area (TPSA) is 92.9 Å². The molecule has 1 saturated carbocycles. The zero-order valence-corrected chi connectivity index (χ0v) is 18.3. The minimum Gasteiger partial charge on any atom is -0.387 e. The van der Waals surface area contributed by atoms with E-state index in [9.17, 15) is 23.1 Å². The van der Waals surface area contributed by atoms with Crippen molar-refractivity contribution < 1.29 is 23.1 Å². The Bertz CT molecular complexity index is 1110. The molecule has 2 heterocycles. The van der Waals surface area contributed by atoms with Crippen LogP contribution in [0, 0.1) is 0 Å². The summed E-state index contributed by atoms with van der Waals surface area (Å²) in [6, 6.07) is 7.00. The van der Waals surface area contributed by atoms with Gasteiger partial charge in [0.05, 0.1) is 29.6 Å². The van der Waals surface area contributed by atoms with Crippen LogP contribution >= 0.6 is 15.9 Å². The summed E-state index contributed by atoms with van der Waals surface area (Å²) in [5, 5.41) is 21.5. The Morgan fingerprint density at radius 2 is 1.84 bits per heavy atom. The zero-order chi connectivity index (χ0) is 22.9. The van der Waals surface area contributed by atoms with E-state index in [2.05, 4.69) is 36.4 Å². The van der Waals surface area contributed by atoms with Gasteiger partial charge in [0.1, 0.15) is 5.69 Å². The number of amides is 1. The number of aromatic nitrogens is 4. The standard InChI is InChI=1S/C21H19BrF3N5O2/c22-14-5-3-4-13(12-14)18(20(32)7-1-2-8-20)29-19(31)16-17(30-27-10-11-28-30)15(6-9-26-16)21(23,24)25/h3-6,9-12,18,32H,1-2,7-8H2,(H,29,31)/t18-/m0/s1. The summed E-state index contributed by atoms with van der Waals surface area (Å²) in [6.45, 7) is 0. The summed E-state index contributed by atoms with van der Waals surface area (Å²) in [4.78, 5) is 17.9. The number of hydrogen-bond donors (Lipinski definition) is 2. The molecule has 1 aliphatic carbocycles. The van der Waals surface area contributed by atoms with Gasteiger partial charge in [-0.3, -0.25) is 4.79 Å². The first-order valence-electron chi connectivity index (χ1n) is 9.91. The molecule has 0 radical (unpaired) electrons. The molecule has 168 valence electrons. The predicted molar refractivity (Wildman–Crippen MR) is 112 cm³/mol. The number of benzene rings is 1. The fraction of sp³-hybridized carbons (Fsp3) is 0.333. The largest absolute Gasteiger partial charge is 0.418 e. The van der Waals surface area contributed by atoms with Crippen LogP contribution in [0.5, 0.6) is 0 Å². The smallest absolute Gasteiger partial charge is 0.387 e. The molecule has 1 atom stereocenters. The van der Waals surface area contributed by atoms with E-state index >= 15 is 0 Å². The van der Waals surface area contributed by atoms with Crippen molar-refractivity contribution >= 4 is 21.8 Å². The quantitative estimate of drug-likeness (QED) is 0.537. The Morgan fingerprint density at radius 3 is 2.47 bits per heavy atom. The lowest BCUT2D eigenvalue weighted by molar-refractivity contribution is -0.137. The minimum absolute atomic E-state index is 0.452. The third kappa shape index (κ3) is 4.40. The number of hydrogen-bond acceptors (Lipinski definition) is 5. The van der Waals surface area contributed by atoms with Gasteiger partial charge in [0, 0.05) is 10.7 Å². The van der Waals surface area contributed by atoms with Gasteiger partial charge in [-0.2, -0.15) is 23.4 Å². The van der Waals surface area contributed by atoms with Crippen LogP contribution in [0.15, 0.2) is 53.4 Å². The highest BCUT2D eigenvalue weighted by molar-refractivity contribution is 9.10. The van der Waals surface area contributed by atoms with Gasteiger partial charge in [-0.15, -0.1) is 4.80 Å². The first-order valence-corrected chi connectivity index (χ1v) is 10.7. The molecule has 2 aromatic heterocycles. The molecule has 11 heteroatoms. The molecule has 32 heavy (non-hydrogen) atoms. The second-order valence-corrected chi connectivity index (χ2v) is 8.56. The lowest BCUT2D eigenvalue weighted by Gasteiger charge is -2.34. The van der Waals surface area contributed by atoms with E-state index in [1.165, 1.54) is 12.4 Å². The lowest BCUT2D eigenvalue weighted by Crippen LogP contribution is -2.45. The molecule has 7 nitrogen and oxygen atoms in total. The van der Waals surface area contributed by atoms with Crippen LogP contribution in [0.1, 0.15) is 53.3 Å². The number of rotatable bonds is 5. The maximum Gasteiger partial charge on any atom is 0.418 e. The minimum atomic E-state index is -4.76. The highest BCUT2D eigenvalue weighted by Gasteiger charge is 2.43. The summed E-state index contributed by atoms with van der Waals surface area (Å²) in [6.07, 6.45) is 1.04. The third-order valence-corrected chi connectivity index (χ3v) is 6.02. The highest BCUT2D eigenvalue weighted by Crippen LogP contribution is 2.41.